The lowest BCUT2D eigenvalue weighted by Gasteiger charge is -2.09. The molecule has 2 N–H and O–H groups in total. The van der Waals surface area contributed by atoms with E-state index in [0.717, 1.165) is 11.3 Å². The molecule has 3 rings (SSSR count). The molecule has 1 heterocycles. The van der Waals surface area contributed by atoms with Crippen molar-refractivity contribution in [1.82, 2.24) is 5.32 Å². The number of nitrogens with one attached hydrogen (secondary N) is 2. The quantitative estimate of drug-likeness (QED) is 0.741. The standard InChI is InChI=1S/C19H20N2O5/c1-2-24-19(23)14-4-6-15(7-5-14)20-11-18(22)21-10-13-3-8-16-17(9-13)26-12-25-16/h3-9,20H,2,10-12H2,1H3,(H,21,22). The van der Waals surface area contributed by atoms with Gasteiger partial charge in [-0.05, 0) is 48.9 Å². The Bertz CT molecular complexity index is 789. The van der Waals surface area contributed by atoms with Crippen LogP contribution in [0.1, 0.15) is 22.8 Å². The minimum atomic E-state index is -0.361. The zero-order chi connectivity index (χ0) is 18.4. The van der Waals surface area contributed by atoms with Gasteiger partial charge in [0.2, 0.25) is 12.7 Å². The van der Waals surface area contributed by atoms with Crippen LogP contribution in [-0.2, 0) is 16.1 Å². The molecule has 0 saturated heterocycles. The third-order valence-corrected chi connectivity index (χ3v) is 3.78. The van der Waals surface area contributed by atoms with E-state index in [1.54, 1.807) is 31.2 Å². The van der Waals surface area contributed by atoms with Gasteiger partial charge >= 0.3 is 5.97 Å². The summed E-state index contributed by atoms with van der Waals surface area (Å²) >= 11 is 0. The van der Waals surface area contributed by atoms with E-state index in [4.69, 9.17) is 14.2 Å². The van der Waals surface area contributed by atoms with Crippen molar-refractivity contribution in [2.45, 2.75) is 13.5 Å². The lowest BCUT2D eigenvalue weighted by Crippen LogP contribution is -2.29. The highest BCUT2D eigenvalue weighted by atomic mass is 16.7. The monoisotopic (exact) mass is 356 g/mol. The molecule has 0 unspecified atom stereocenters. The molecule has 26 heavy (non-hydrogen) atoms. The van der Waals surface area contributed by atoms with Gasteiger partial charge in [0.15, 0.2) is 11.5 Å². The minimum absolute atomic E-state index is 0.128. The fourth-order valence-electron chi connectivity index (χ4n) is 2.43. The molecule has 1 amide bonds. The van der Waals surface area contributed by atoms with E-state index in [2.05, 4.69) is 10.6 Å². The molecule has 0 spiro atoms. The van der Waals surface area contributed by atoms with E-state index in [1.165, 1.54) is 0 Å². The van der Waals surface area contributed by atoms with Gasteiger partial charge in [-0.2, -0.15) is 0 Å². The summed E-state index contributed by atoms with van der Waals surface area (Å²) in [6, 6.07) is 12.3. The van der Waals surface area contributed by atoms with E-state index < -0.39 is 0 Å². The highest BCUT2D eigenvalue weighted by Gasteiger charge is 2.13. The van der Waals surface area contributed by atoms with Gasteiger partial charge in [0.25, 0.3) is 0 Å². The second kappa shape index (κ2) is 8.24. The number of benzene rings is 2. The number of hydrogen-bond donors (Lipinski definition) is 2. The first-order valence-corrected chi connectivity index (χ1v) is 8.32. The van der Waals surface area contributed by atoms with Crippen molar-refractivity contribution in [3.8, 4) is 11.5 Å². The summed E-state index contributed by atoms with van der Waals surface area (Å²) in [4.78, 5) is 23.6. The van der Waals surface area contributed by atoms with Gasteiger partial charge in [-0.1, -0.05) is 6.07 Å². The van der Waals surface area contributed by atoms with Gasteiger partial charge in [0, 0.05) is 12.2 Å². The Kier molecular flexibility index (Phi) is 5.58. The second-order valence-electron chi connectivity index (χ2n) is 5.62. The topological polar surface area (TPSA) is 85.9 Å². The van der Waals surface area contributed by atoms with E-state index in [-0.39, 0.29) is 25.2 Å². The van der Waals surface area contributed by atoms with Crippen molar-refractivity contribution in [2.75, 3.05) is 25.3 Å². The van der Waals surface area contributed by atoms with Gasteiger partial charge in [-0.3, -0.25) is 4.79 Å². The highest BCUT2D eigenvalue weighted by molar-refractivity contribution is 5.90. The first-order valence-electron chi connectivity index (χ1n) is 8.32. The molecule has 0 aliphatic carbocycles. The van der Waals surface area contributed by atoms with Crippen LogP contribution in [0.2, 0.25) is 0 Å². The maximum atomic E-state index is 12.0. The zero-order valence-corrected chi connectivity index (χ0v) is 14.4. The van der Waals surface area contributed by atoms with Crippen molar-refractivity contribution in [3.05, 3.63) is 53.6 Å². The number of carbonyl (C=O) groups excluding carboxylic acids is 2. The van der Waals surface area contributed by atoms with Crippen LogP contribution in [0.4, 0.5) is 5.69 Å². The van der Waals surface area contributed by atoms with Gasteiger partial charge in [-0.15, -0.1) is 0 Å². The lowest BCUT2D eigenvalue weighted by molar-refractivity contribution is -0.119. The number of anilines is 1. The molecule has 2 aromatic carbocycles. The minimum Gasteiger partial charge on any atom is -0.462 e. The summed E-state index contributed by atoms with van der Waals surface area (Å²) in [6.45, 7) is 2.85. The average molecular weight is 356 g/mol. The Morgan fingerprint density at radius 1 is 1.08 bits per heavy atom. The number of esters is 1. The van der Waals surface area contributed by atoms with Crippen LogP contribution in [0.25, 0.3) is 0 Å². The van der Waals surface area contributed by atoms with Crippen molar-refractivity contribution >= 4 is 17.6 Å². The van der Waals surface area contributed by atoms with Gasteiger partial charge in [-0.25, -0.2) is 4.79 Å². The molecule has 0 atom stereocenters. The summed E-state index contributed by atoms with van der Waals surface area (Å²) in [5.41, 5.74) is 2.15. The predicted octanol–water partition coefficient (Wildman–Crippen LogP) is 2.32. The Hall–Kier alpha value is -3.22. The van der Waals surface area contributed by atoms with Crippen molar-refractivity contribution in [2.24, 2.45) is 0 Å². The molecule has 0 aromatic heterocycles. The molecule has 2 aromatic rings. The van der Waals surface area contributed by atoms with Crippen molar-refractivity contribution in [1.29, 1.82) is 0 Å². The molecule has 0 fully saturated rings. The molecule has 7 heteroatoms. The normalized spacial score (nSPS) is 11.7. The lowest BCUT2D eigenvalue weighted by atomic mass is 10.2. The van der Waals surface area contributed by atoms with E-state index in [9.17, 15) is 9.59 Å². The molecular formula is C19H20N2O5. The molecule has 0 bridgehead atoms. The van der Waals surface area contributed by atoms with Crippen molar-refractivity contribution < 1.29 is 23.8 Å². The number of rotatable bonds is 7. The number of amides is 1. The zero-order valence-electron chi connectivity index (χ0n) is 14.4. The summed E-state index contributed by atoms with van der Waals surface area (Å²) in [5.74, 6) is 0.905. The maximum Gasteiger partial charge on any atom is 0.338 e. The highest BCUT2D eigenvalue weighted by Crippen LogP contribution is 2.32. The number of fused-ring (bicyclic) bond motifs is 1. The van der Waals surface area contributed by atoms with E-state index >= 15 is 0 Å². The summed E-state index contributed by atoms with van der Waals surface area (Å²) in [7, 11) is 0. The third-order valence-electron chi connectivity index (χ3n) is 3.78. The fraction of sp³-hybridized carbons (Fsp3) is 0.263. The van der Waals surface area contributed by atoms with Crippen LogP contribution in [0, 0.1) is 0 Å². The van der Waals surface area contributed by atoms with Gasteiger partial charge in [0.05, 0.1) is 18.7 Å². The second-order valence-corrected chi connectivity index (χ2v) is 5.62. The Balaban J connectivity index is 1.44. The van der Waals surface area contributed by atoms with Crippen LogP contribution in [-0.4, -0.2) is 31.8 Å². The molecule has 7 nitrogen and oxygen atoms in total. The largest absolute Gasteiger partial charge is 0.462 e. The summed E-state index contributed by atoms with van der Waals surface area (Å²) in [6.07, 6.45) is 0. The Morgan fingerprint density at radius 3 is 2.62 bits per heavy atom. The third kappa shape index (κ3) is 4.44. The first kappa shape index (κ1) is 17.6. The Labute approximate surface area is 151 Å². The maximum absolute atomic E-state index is 12.0. The molecule has 0 saturated carbocycles. The summed E-state index contributed by atoms with van der Waals surface area (Å²) in [5, 5.41) is 5.85. The molecule has 1 aliphatic heterocycles. The SMILES string of the molecule is CCOC(=O)c1ccc(NCC(=O)NCc2ccc3c(c2)OCO3)cc1. The molecular weight excluding hydrogens is 336 g/mol. The van der Waals surface area contributed by atoms with E-state index in [1.807, 2.05) is 18.2 Å². The van der Waals surface area contributed by atoms with Gasteiger partial charge < -0.3 is 24.8 Å². The van der Waals surface area contributed by atoms with Crippen LogP contribution in [0.3, 0.4) is 0 Å². The smallest absolute Gasteiger partial charge is 0.338 e. The number of hydrogen-bond acceptors (Lipinski definition) is 6. The van der Waals surface area contributed by atoms with Crippen LogP contribution in [0.5, 0.6) is 11.5 Å². The number of carbonyl (C=O) groups is 2. The van der Waals surface area contributed by atoms with Gasteiger partial charge in [0.1, 0.15) is 0 Å². The van der Waals surface area contributed by atoms with Crippen LogP contribution < -0.4 is 20.1 Å². The molecule has 136 valence electrons. The fourth-order valence-corrected chi connectivity index (χ4v) is 2.43. The molecule has 1 aliphatic rings. The van der Waals surface area contributed by atoms with Crippen molar-refractivity contribution in [3.63, 3.8) is 0 Å². The summed E-state index contributed by atoms with van der Waals surface area (Å²) < 4.78 is 15.5. The molecule has 0 radical (unpaired) electrons. The Morgan fingerprint density at radius 2 is 1.85 bits per heavy atom. The predicted molar refractivity (Wildman–Crippen MR) is 95.3 cm³/mol. The average Bonchev–Trinajstić information content (AvgIpc) is 3.13. The first-order chi connectivity index (χ1) is 12.7. The van der Waals surface area contributed by atoms with Crippen LogP contribution >= 0.6 is 0 Å². The van der Waals surface area contributed by atoms with Crippen LogP contribution in [0.15, 0.2) is 42.5 Å². The number of ether oxygens (including phenoxy) is 3. The van der Waals surface area contributed by atoms with E-state index in [0.29, 0.717) is 30.2 Å².